The van der Waals surface area contributed by atoms with Gasteiger partial charge in [0.1, 0.15) is 6.04 Å². The standard InChI is InChI=1S/C23H23N3O4/c1-13-5-3-4-6-17(13)14(2)24-21(28)15-7-8-18-16(11-15)12-26(23(18)30)19-9-10-20(27)25-22(19)29/h3-8,11,14,19H,9-10,12H2,1-2H3,(H,24,28)(H,25,27,29). The van der Waals surface area contributed by atoms with Gasteiger partial charge in [-0.25, -0.2) is 0 Å². The molecule has 2 aromatic rings. The van der Waals surface area contributed by atoms with Gasteiger partial charge < -0.3 is 10.2 Å². The van der Waals surface area contributed by atoms with Crippen LogP contribution < -0.4 is 10.6 Å². The Morgan fingerprint density at radius 1 is 1.17 bits per heavy atom. The molecule has 0 aliphatic carbocycles. The van der Waals surface area contributed by atoms with Crippen molar-refractivity contribution < 1.29 is 19.2 Å². The number of carbonyl (C=O) groups is 4. The highest BCUT2D eigenvalue weighted by Crippen LogP contribution is 2.28. The molecular weight excluding hydrogens is 382 g/mol. The van der Waals surface area contributed by atoms with Crippen molar-refractivity contribution in [1.29, 1.82) is 0 Å². The van der Waals surface area contributed by atoms with Crippen molar-refractivity contribution in [3.8, 4) is 0 Å². The van der Waals surface area contributed by atoms with Gasteiger partial charge in [-0.3, -0.25) is 24.5 Å². The number of nitrogens with one attached hydrogen (secondary N) is 2. The van der Waals surface area contributed by atoms with Gasteiger partial charge in [0.2, 0.25) is 11.8 Å². The second kappa shape index (κ2) is 7.74. The first-order valence-corrected chi connectivity index (χ1v) is 9.99. The van der Waals surface area contributed by atoms with Crippen LogP contribution >= 0.6 is 0 Å². The maximum atomic E-state index is 12.8. The third-order valence-corrected chi connectivity index (χ3v) is 5.79. The first-order chi connectivity index (χ1) is 14.3. The molecule has 1 saturated heterocycles. The average Bonchev–Trinajstić information content (AvgIpc) is 3.04. The lowest BCUT2D eigenvalue weighted by Gasteiger charge is -2.29. The van der Waals surface area contributed by atoms with Gasteiger partial charge in [0.05, 0.1) is 6.04 Å². The molecule has 4 rings (SSSR count). The number of hydrogen-bond acceptors (Lipinski definition) is 4. The Morgan fingerprint density at radius 2 is 1.93 bits per heavy atom. The highest BCUT2D eigenvalue weighted by atomic mass is 16.2. The fourth-order valence-corrected chi connectivity index (χ4v) is 4.15. The van der Waals surface area contributed by atoms with Crippen LogP contribution in [0.1, 0.15) is 63.2 Å². The monoisotopic (exact) mass is 405 g/mol. The zero-order valence-corrected chi connectivity index (χ0v) is 16.9. The van der Waals surface area contributed by atoms with Crippen LogP contribution in [0.15, 0.2) is 42.5 Å². The quantitative estimate of drug-likeness (QED) is 0.763. The molecule has 2 aliphatic rings. The van der Waals surface area contributed by atoms with Crippen molar-refractivity contribution in [2.75, 3.05) is 0 Å². The predicted molar refractivity (Wildman–Crippen MR) is 110 cm³/mol. The van der Waals surface area contributed by atoms with Crippen LogP contribution in [0.2, 0.25) is 0 Å². The summed E-state index contributed by atoms with van der Waals surface area (Å²) in [5.74, 6) is -1.24. The molecule has 2 aromatic carbocycles. The van der Waals surface area contributed by atoms with E-state index in [1.807, 2.05) is 38.1 Å². The van der Waals surface area contributed by atoms with Crippen LogP contribution in [0, 0.1) is 6.92 Å². The highest BCUT2D eigenvalue weighted by Gasteiger charge is 2.39. The maximum absolute atomic E-state index is 12.8. The number of rotatable bonds is 4. The Balaban J connectivity index is 1.50. The van der Waals surface area contributed by atoms with Gasteiger partial charge in [-0.05, 0) is 55.2 Å². The summed E-state index contributed by atoms with van der Waals surface area (Å²) in [5.41, 5.74) is 3.81. The molecule has 2 aliphatic heterocycles. The highest BCUT2D eigenvalue weighted by molar-refractivity contribution is 6.06. The van der Waals surface area contributed by atoms with Gasteiger partial charge in [-0.1, -0.05) is 24.3 Å². The molecule has 0 spiro atoms. The van der Waals surface area contributed by atoms with E-state index in [1.54, 1.807) is 18.2 Å². The smallest absolute Gasteiger partial charge is 0.255 e. The molecule has 7 nitrogen and oxygen atoms in total. The number of amides is 4. The van der Waals surface area contributed by atoms with Crippen LogP contribution in [0.4, 0.5) is 0 Å². The van der Waals surface area contributed by atoms with Crippen molar-refractivity contribution in [3.63, 3.8) is 0 Å². The van der Waals surface area contributed by atoms with Crippen LogP contribution in [-0.4, -0.2) is 34.6 Å². The minimum Gasteiger partial charge on any atom is -0.346 e. The molecule has 0 aromatic heterocycles. The van der Waals surface area contributed by atoms with E-state index in [4.69, 9.17) is 0 Å². The lowest BCUT2D eigenvalue weighted by molar-refractivity contribution is -0.136. The molecule has 154 valence electrons. The zero-order chi connectivity index (χ0) is 21.4. The molecule has 2 unspecified atom stereocenters. The van der Waals surface area contributed by atoms with E-state index >= 15 is 0 Å². The van der Waals surface area contributed by atoms with Gasteiger partial charge in [-0.15, -0.1) is 0 Å². The summed E-state index contributed by atoms with van der Waals surface area (Å²) in [6.45, 7) is 4.18. The van der Waals surface area contributed by atoms with Gasteiger partial charge in [0.25, 0.3) is 11.8 Å². The van der Waals surface area contributed by atoms with E-state index < -0.39 is 11.9 Å². The minimum absolute atomic E-state index is 0.159. The SMILES string of the molecule is Cc1ccccc1C(C)NC(=O)c1ccc2c(c1)CN(C1CCC(=O)NC1=O)C2=O. The Morgan fingerprint density at radius 3 is 2.67 bits per heavy atom. The second-order valence-corrected chi connectivity index (χ2v) is 7.82. The van der Waals surface area contributed by atoms with Crippen LogP contribution in [0.5, 0.6) is 0 Å². The molecule has 0 bridgehead atoms. The topological polar surface area (TPSA) is 95.6 Å². The number of carbonyl (C=O) groups excluding carboxylic acids is 4. The fourth-order valence-electron chi connectivity index (χ4n) is 4.15. The lowest BCUT2D eigenvalue weighted by atomic mass is 10.0. The van der Waals surface area contributed by atoms with Gasteiger partial charge in [0.15, 0.2) is 0 Å². The van der Waals surface area contributed by atoms with E-state index in [0.717, 1.165) is 11.1 Å². The number of aryl methyl sites for hydroxylation is 1. The van der Waals surface area contributed by atoms with Crippen LogP contribution in [0.3, 0.4) is 0 Å². The Hall–Kier alpha value is -3.48. The summed E-state index contributed by atoms with van der Waals surface area (Å²) in [6, 6.07) is 12.0. The summed E-state index contributed by atoms with van der Waals surface area (Å²) in [6.07, 6.45) is 0.520. The first-order valence-electron chi connectivity index (χ1n) is 9.99. The molecule has 0 radical (unpaired) electrons. The van der Waals surface area contributed by atoms with Crippen molar-refractivity contribution in [3.05, 3.63) is 70.3 Å². The van der Waals surface area contributed by atoms with E-state index in [2.05, 4.69) is 10.6 Å². The summed E-state index contributed by atoms with van der Waals surface area (Å²) in [5, 5.41) is 5.29. The lowest BCUT2D eigenvalue weighted by Crippen LogP contribution is -2.52. The van der Waals surface area contributed by atoms with Crippen molar-refractivity contribution in [1.82, 2.24) is 15.5 Å². The summed E-state index contributed by atoms with van der Waals surface area (Å²) in [7, 11) is 0. The van der Waals surface area contributed by atoms with Crippen molar-refractivity contribution in [2.45, 2.75) is 45.3 Å². The normalized spacial score (nSPS) is 19.3. The molecule has 2 heterocycles. The van der Waals surface area contributed by atoms with Crippen molar-refractivity contribution >= 4 is 23.6 Å². The van der Waals surface area contributed by atoms with Crippen LogP contribution in [-0.2, 0) is 16.1 Å². The minimum atomic E-state index is -0.666. The summed E-state index contributed by atoms with van der Waals surface area (Å²) < 4.78 is 0. The average molecular weight is 405 g/mol. The van der Waals surface area contributed by atoms with E-state index in [1.165, 1.54) is 4.90 Å². The molecule has 30 heavy (non-hydrogen) atoms. The largest absolute Gasteiger partial charge is 0.346 e. The number of imide groups is 1. The number of piperidine rings is 1. The third kappa shape index (κ3) is 3.58. The number of benzene rings is 2. The predicted octanol–water partition coefficient (Wildman–Crippen LogP) is 2.25. The summed E-state index contributed by atoms with van der Waals surface area (Å²) in [4.78, 5) is 50.6. The van der Waals surface area contributed by atoms with Crippen LogP contribution in [0.25, 0.3) is 0 Å². The van der Waals surface area contributed by atoms with Gasteiger partial charge in [-0.2, -0.15) is 0 Å². The number of nitrogens with zero attached hydrogens (tertiary/aromatic N) is 1. The Kier molecular flexibility index (Phi) is 5.11. The Bertz CT molecular complexity index is 1060. The molecule has 2 atom stereocenters. The molecular formula is C23H23N3O4. The molecule has 4 amide bonds. The van der Waals surface area contributed by atoms with E-state index in [0.29, 0.717) is 23.1 Å². The molecule has 7 heteroatoms. The first kappa shape index (κ1) is 19.8. The fraction of sp³-hybridized carbons (Fsp3) is 0.304. The molecule has 0 saturated carbocycles. The van der Waals surface area contributed by atoms with E-state index in [9.17, 15) is 19.2 Å². The third-order valence-electron chi connectivity index (χ3n) is 5.79. The maximum Gasteiger partial charge on any atom is 0.255 e. The van der Waals surface area contributed by atoms with E-state index in [-0.39, 0.29) is 36.7 Å². The number of fused-ring (bicyclic) bond motifs is 1. The Labute approximate surface area is 174 Å². The second-order valence-electron chi connectivity index (χ2n) is 7.82. The molecule has 2 N–H and O–H groups in total. The number of hydrogen-bond donors (Lipinski definition) is 2. The van der Waals surface area contributed by atoms with Gasteiger partial charge >= 0.3 is 0 Å². The summed E-state index contributed by atoms with van der Waals surface area (Å²) >= 11 is 0. The molecule has 1 fully saturated rings. The zero-order valence-electron chi connectivity index (χ0n) is 16.9. The van der Waals surface area contributed by atoms with Crippen molar-refractivity contribution in [2.24, 2.45) is 0 Å². The van der Waals surface area contributed by atoms with Gasteiger partial charge in [0, 0.05) is 24.1 Å².